The quantitative estimate of drug-likeness (QED) is 0.799. The van der Waals surface area contributed by atoms with Crippen LogP contribution in [0.3, 0.4) is 0 Å². The molecule has 0 aliphatic rings. The Hall–Kier alpha value is -1.23. The van der Waals surface area contributed by atoms with Crippen molar-refractivity contribution in [2.75, 3.05) is 0 Å². The van der Waals surface area contributed by atoms with Crippen molar-refractivity contribution in [1.29, 1.82) is 0 Å². The minimum atomic E-state index is -0.797. The Morgan fingerprint density at radius 1 is 0.684 bits per heavy atom. The lowest BCUT2D eigenvalue weighted by molar-refractivity contribution is -0.115. The van der Waals surface area contributed by atoms with E-state index in [0.29, 0.717) is 0 Å². The highest BCUT2D eigenvalue weighted by Gasteiger charge is 2.12. The molecule has 102 valence electrons. The van der Waals surface area contributed by atoms with E-state index in [-0.39, 0.29) is 22.5 Å². The van der Waals surface area contributed by atoms with Gasteiger partial charge in [0.25, 0.3) is 15.7 Å². The molecule has 0 fully saturated rings. The first-order valence-electron chi connectivity index (χ1n) is 4.87. The molecule has 1 aromatic rings. The minimum Gasteiger partial charge on any atom is -0.300 e. The van der Waals surface area contributed by atoms with Gasteiger partial charge >= 0.3 is 0 Å². The van der Waals surface area contributed by atoms with Crippen molar-refractivity contribution in [3.05, 3.63) is 34.9 Å². The molecule has 0 amide bonds. The van der Waals surface area contributed by atoms with Gasteiger partial charge in [0.1, 0.15) is 5.78 Å². The zero-order valence-corrected chi connectivity index (χ0v) is 12.3. The first-order valence-corrected chi connectivity index (χ1v) is 6.00. The first kappa shape index (κ1) is 17.8. The summed E-state index contributed by atoms with van der Waals surface area (Å²) in [5, 5.41) is -2.39. The van der Waals surface area contributed by atoms with Crippen LogP contribution in [0, 0.1) is 0 Å². The molecule has 0 spiro atoms. The van der Waals surface area contributed by atoms with Crippen LogP contribution in [0.5, 0.6) is 0 Å². The summed E-state index contributed by atoms with van der Waals surface area (Å²) in [5.41, 5.74) is -0.0218. The molecule has 1 rings (SSSR count). The van der Waals surface area contributed by atoms with E-state index in [1.165, 1.54) is 32.0 Å². The second-order valence-electron chi connectivity index (χ2n) is 3.53. The van der Waals surface area contributed by atoms with Gasteiger partial charge in [-0.3, -0.25) is 14.4 Å². The van der Waals surface area contributed by atoms with Crippen LogP contribution in [-0.2, 0) is 4.79 Å². The summed E-state index contributed by atoms with van der Waals surface area (Å²) in [5.74, 6) is 0.167. The second-order valence-corrected chi connectivity index (χ2v) is 4.56. The van der Waals surface area contributed by atoms with E-state index in [9.17, 15) is 19.2 Å². The Balaban J connectivity index is 0.000000711. The minimum absolute atomic E-state index is 0.00725. The summed E-state index contributed by atoms with van der Waals surface area (Å²) in [6.45, 7) is 3.06. The van der Waals surface area contributed by atoms with Crippen LogP contribution >= 0.6 is 34.8 Å². The van der Waals surface area contributed by atoms with Crippen molar-refractivity contribution in [2.45, 2.75) is 13.8 Å². The number of benzene rings is 1. The van der Waals surface area contributed by atoms with Crippen LogP contribution < -0.4 is 0 Å². The van der Waals surface area contributed by atoms with Gasteiger partial charge in [-0.25, -0.2) is 0 Å². The number of hydrogen-bond donors (Lipinski definition) is 0. The molecule has 0 bridgehead atoms. The summed E-state index contributed by atoms with van der Waals surface area (Å²) >= 11 is 15.6. The van der Waals surface area contributed by atoms with Crippen molar-refractivity contribution in [1.82, 2.24) is 0 Å². The summed E-state index contributed by atoms with van der Waals surface area (Å²) in [7, 11) is 0. The van der Waals surface area contributed by atoms with E-state index in [1.807, 2.05) is 0 Å². The van der Waals surface area contributed by atoms with Gasteiger partial charge < -0.3 is 4.79 Å². The lowest BCUT2D eigenvalue weighted by Gasteiger charge is -2.00. The molecule has 0 unspecified atom stereocenters. The van der Waals surface area contributed by atoms with Gasteiger partial charge in [0.2, 0.25) is 0 Å². The molecule has 19 heavy (non-hydrogen) atoms. The maximum absolute atomic E-state index is 10.9. The van der Waals surface area contributed by atoms with Crippen molar-refractivity contribution in [3.8, 4) is 0 Å². The lowest BCUT2D eigenvalue weighted by atomic mass is 10.1. The molecule has 0 atom stereocenters. The van der Waals surface area contributed by atoms with Crippen LogP contribution in [0.4, 0.5) is 0 Å². The maximum Gasteiger partial charge on any atom is 0.252 e. The number of rotatable bonds is 3. The molecule has 7 heteroatoms. The zero-order chi connectivity index (χ0) is 15.2. The predicted octanol–water partition coefficient (Wildman–Crippen LogP) is 3.42. The third-order valence-electron chi connectivity index (χ3n) is 1.61. The molecule has 4 nitrogen and oxygen atoms in total. The molecule has 0 aromatic heterocycles. The predicted molar refractivity (Wildman–Crippen MR) is 73.3 cm³/mol. The van der Waals surface area contributed by atoms with E-state index in [0.717, 1.165) is 0 Å². The van der Waals surface area contributed by atoms with Crippen LogP contribution in [0.2, 0.25) is 0 Å². The number of carbonyl (C=O) groups excluding carboxylic acids is 4. The van der Waals surface area contributed by atoms with Crippen molar-refractivity contribution < 1.29 is 19.2 Å². The van der Waals surface area contributed by atoms with Crippen molar-refractivity contribution in [2.24, 2.45) is 0 Å². The number of carbonyl (C=O) groups is 4. The van der Waals surface area contributed by atoms with Crippen LogP contribution in [-0.4, -0.2) is 21.5 Å². The van der Waals surface area contributed by atoms with Gasteiger partial charge in [-0.15, -0.1) is 0 Å². The van der Waals surface area contributed by atoms with E-state index in [2.05, 4.69) is 0 Å². The molecule has 1 aromatic carbocycles. The Morgan fingerprint density at radius 2 is 0.842 bits per heavy atom. The Labute approximate surface area is 124 Å². The first-order chi connectivity index (χ1) is 8.65. The monoisotopic (exact) mass is 322 g/mol. The van der Waals surface area contributed by atoms with Crippen LogP contribution in [0.15, 0.2) is 18.2 Å². The largest absolute Gasteiger partial charge is 0.300 e. The highest BCUT2D eigenvalue weighted by Crippen LogP contribution is 2.16. The molecule has 0 N–H and O–H groups in total. The average Bonchev–Trinajstić information content (AvgIpc) is 2.27. The normalized spacial score (nSPS) is 9.11. The summed E-state index contributed by atoms with van der Waals surface area (Å²) in [6.07, 6.45) is 0. The molecule has 0 saturated heterocycles. The Kier molecular flexibility index (Phi) is 7.52. The fourth-order valence-electron chi connectivity index (χ4n) is 0.968. The molecule has 0 radical (unpaired) electrons. The van der Waals surface area contributed by atoms with Crippen molar-refractivity contribution >= 4 is 56.3 Å². The highest BCUT2D eigenvalue weighted by molar-refractivity contribution is 6.70. The number of Topliss-reactive ketones (excluding diaryl/α,β-unsaturated/α-hetero) is 1. The molecule has 0 aliphatic heterocycles. The summed E-state index contributed by atoms with van der Waals surface area (Å²) in [4.78, 5) is 42.0. The summed E-state index contributed by atoms with van der Waals surface area (Å²) < 4.78 is 0. The third-order valence-corrected chi connectivity index (χ3v) is 2.27. The molecular formula is C12H9Cl3O4. The number of hydrogen-bond acceptors (Lipinski definition) is 4. The van der Waals surface area contributed by atoms with E-state index < -0.39 is 15.7 Å². The molecule has 0 aliphatic carbocycles. The topological polar surface area (TPSA) is 68.3 Å². The Bertz CT molecular complexity index is 455. The summed E-state index contributed by atoms with van der Waals surface area (Å²) in [6, 6.07) is 3.57. The average molecular weight is 324 g/mol. The Morgan fingerprint density at radius 3 is 0.947 bits per heavy atom. The standard InChI is InChI=1S/C9H3Cl3O3.C3H6O/c10-7(13)4-1-5(8(11)14)3-6(2-4)9(12)15;1-3(2)4/h1-3H;1-2H3. The number of halogens is 3. The fraction of sp³-hybridized carbons (Fsp3) is 0.167. The SMILES string of the molecule is CC(C)=O.O=C(Cl)c1cc(C(=O)Cl)cc(C(=O)Cl)c1. The van der Waals surface area contributed by atoms with E-state index >= 15 is 0 Å². The zero-order valence-electron chi connectivity index (χ0n) is 10.00. The lowest BCUT2D eigenvalue weighted by Crippen LogP contribution is -2.00. The van der Waals surface area contributed by atoms with Crippen LogP contribution in [0.25, 0.3) is 0 Å². The van der Waals surface area contributed by atoms with Gasteiger partial charge in [-0.05, 0) is 66.8 Å². The van der Waals surface area contributed by atoms with Gasteiger partial charge in [0, 0.05) is 16.7 Å². The van der Waals surface area contributed by atoms with Crippen molar-refractivity contribution in [3.63, 3.8) is 0 Å². The van der Waals surface area contributed by atoms with Gasteiger partial charge in [0.15, 0.2) is 0 Å². The van der Waals surface area contributed by atoms with Gasteiger partial charge in [0.05, 0.1) is 0 Å². The van der Waals surface area contributed by atoms with Gasteiger partial charge in [-0.1, -0.05) is 0 Å². The molecule has 0 saturated carbocycles. The smallest absolute Gasteiger partial charge is 0.252 e. The number of ketones is 1. The molecule has 0 heterocycles. The highest BCUT2D eigenvalue weighted by atomic mass is 35.5. The molecular weight excluding hydrogens is 314 g/mol. The fourth-order valence-corrected chi connectivity index (χ4v) is 1.30. The van der Waals surface area contributed by atoms with Gasteiger partial charge in [-0.2, -0.15) is 0 Å². The third kappa shape index (κ3) is 7.06. The maximum atomic E-state index is 10.9. The second kappa shape index (κ2) is 8.04. The van der Waals surface area contributed by atoms with E-state index in [1.54, 1.807) is 0 Å². The van der Waals surface area contributed by atoms with E-state index in [4.69, 9.17) is 34.8 Å². The van der Waals surface area contributed by atoms with Crippen LogP contribution in [0.1, 0.15) is 44.9 Å².